The van der Waals surface area contributed by atoms with E-state index in [1.54, 1.807) is 0 Å². The maximum absolute atomic E-state index is 5.48. The largest absolute Gasteiger partial charge is 0.0897 e. The van der Waals surface area contributed by atoms with Crippen LogP contribution in [0.25, 0.3) is 0 Å². The third-order valence-electron chi connectivity index (χ3n) is 3.17. The lowest BCUT2D eigenvalue weighted by Crippen LogP contribution is -2.00. The first-order valence-electron chi connectivity index (χ1n) is 6.55. The highest BCUT2D eigenvalue weighted by Gasteiger charge is 2.02. The Bertz CT molecular complexity index is 534. The number of thiocarbonyl (C=S) groups is 1. The second kappa shape index (κ2) is 7.56. The SMILES string of the molecule is S=C(CCc1ccccc1)CCc1ccccc1Br. The molecular formula is C17H17BrS. The molecule has 0 bridgehead atoms. The van der Waals surface area contributed by atoms with E-state index in [9.17, 15) is 0 Å². The molecule has 2 rings (SSSR count). The minimum atomic E-state index is 0.991. The van der Waals surface area contributed by atoms with E-state index in [-0.39, 0.29) is 0 Å². The zero-order chi connectivity index (χ0) is 13.5. The van der Waals surface area contributed by atoms with Crippen molar-refractivity contribution in [3.63, 3.8) is 0 Å². The Kier molecular flexibility index (Phi) is 5.74. The van der Waals surface area contributed by atoms with Crippen molar-refractivity contribution in [1.29, 1.82) is 0 Å². The highest BCUT2D eigenvalue weighted by molar-refractivity contribution is 9.10. The average Bonchev–Trinajstić information content (AvgIpc) is 2.45. The quantitative estimate of drug-likeness (QED) is 0.639. The lowest BCUT2D eigenvalue weighted by Gasteiger charge is -2.06. The molecule has 0 nitrogen and oxygen atoms in total. The molecule has 0 fully saturated rings. The Balaban J connectivity index is 1.78. The molecule has 2 aromatic rings. The van der Waals surface area contributed by atoms with Crippen LogP contribution in [0.5, 0.6) is 0 Å². The smallest absolute Gasteiger partial charge is 0.0207 e. The molecule has 0 aromatic heterocycles. The van der Waals surface area contributed by atoms with Crippen LogP contribution in [0.2, 0.25) is 0 Å². The van der Waals surface area contributed by atoms with E-state index in [1.165, 1.54) is 20.5 Å². The molecule has 0 aliphatic rings. The van der Waals surface area contributed by atoms with Crippen LogP contribution in [0.15, 0.2) is 59.1 Å². The van der Waals surface area contributed by atoms with Crippen molar-refractivity contribution in [3.8, 4) is 0 Å². The molecule has 98 valence electrons. The topological polar surface area (TPSA) is 0 Å². The third-order valence-corrected chi connectivity index (χ3v) is 4.35. The van der Waals surface area contributed by atoms with Crippen LogP contribution in [0, 0.1) is 0 Å². The summed E-state index contributed by atoms with van der Waals surface area (Å²) in [6.07, 6.45) is 4.07. The van der Waals surface area contributed by atoms with Gasteiger partial charge in [-0.25, -0.2) is 0 Å². The van der Waals surface area contributed by atoms with Crippen molar-refractivity contribution < 1.29 is 0 Å². The first-order chi connectivity index (χ1) is 9.25. The van der Waals surface area contributed by atoms with Gasteiger partial charge >= 0.3 is 0 Å². The van der Waals surface area contributed by atoms with Gasteiger partial charge < -0.3 is 0 Å². The predicted molar refractivity (Wildman–Crippen MR) is 89.8 cm³/mol. The first kappa shape index (κ1) is 14.4. The minimum absolute atomic E-state index is 0.991. The van der Waals surface area contributed by atoms with Crippen LogP contribution in [-0.4, -0.2) is 4.86 Å². The van der Waals surface area contributed by atoms with E-state index >= 15 is 0 Å². The van der Waals surface area contributed by atoms with E-state index < -0.39 is 0 Å². The van der Waals surface area contributed by atoms with Gasteiger partial charge in [-0.2, -0.15) is 0 Å². The van der Waals surface area contributed by atoms with Gasteiger partial charge in [0.25, 0.3) is 0 Å². The van der Waals surface area contributed by atoms with E-state index in [2.05, 4.69) is 64.5 Å². The van der Waals surface area contributed by atoms with Crippen LogP contribution in [0.1, 0.15) is 24.0 Å². The van der Waals surface area contributed by atoms with Gasteiger partial charge in [-0.05, 0) is 47.7 Å². The summed E-state index contributed by atoms with van der Waals surface area (Å²) in [6, 6.07) is 18.9. The number of hydrogen-bond donors (Lipinski definition) is 0. The van der Waals surface area contributed by atoms with E-state index in [4.69, 9.17) is 12.2 Å². The maximum atomic E-state index is 5.48. The van der Waals surface area contributed by atoms with Gasteiger partial charge in [0, 0.05) is 4.47 Å². The number of aryl methyl sites for hydroxylation is 2. The fourth-order valence-corrected chi connectivity index (χ4v) is 2.72. The molecule has 0 spiro atoms. The lowest BCUT2D eigenvalue weighted by molar-refractivity contribution is 0.972. The van der Waals surface area contributed by atoms with Crippen molar-refractivity contribution in [2.24, 2.45) is 0 Å². The summed E-state index contributed by atoms with van der Waals surface area (Å²) in [5, 5.41) is 0. The monoisotopic (exact) mass is 332 g/mol. The summed E-state index contributed by atoms with van der Waals surface area (Å²) >= 11 is 9.06. The number of halogens is 1. The fraction of sp³-hybridized carbons (Fsp3) is 0.235. The third kappa shape index (κ3) is 4.88. The normalized spacial score (nSPS) is 10.4. The van der Waals surface area contributed by atoms with Gasteiger partial charge in [0.15, 0.2) is 0 Å². The van der Waals surface area contributed by atoms with Gasteiger partial charge in [-0.3, -0.25) is 0 Å². The van der Waals surface area contributed by atoms with Crippen molar-refractivity contribution in [2.45, 2.75) is 25.7 Å². The van der Waals surface area contributed by atoms with Crippen LogP contribution in [0.3, 0.4) is 0 Å². The lowest BCUT2D eigenvalue weighted by atomic mass is 10.0. The molecule has 0 aliphatic carbocycles. The van der Waals surface area contributed by atoms with Crippen molar-refractivity contribution >= 4 is 33.0 Å². The summed E-state index contributed by atoms with van der Waals surface area (Å²) in [5.74, 6) is 0. The number of hydrogen-bond acceptors (Lipinski definition) is 1. The molecule has 0 radical (unpaired) electrons. The molecule has 0 saturated carbocycles. The molecule has 2 aromatic carbocycles. The highest BCUT2D eigenvalue weighted by Crippen LogP contribution is 2.18. The Morgan fingerprint density at radius 3 is 2.21 bits per heavy atom. The fourth-order valence-electron chi connectivity index (χ4n) is 2.03. The average molecular weight is 333 g/mol. The van der Waals surface area contributed by atoms with E-state index in [0.29, 0.717) is 0 Å². The summed E-state index contributed by atoms with van der Waals surface area (Å²) in [6.45, 7) is 0. The van der Waals surface area contributed by atoms with Gasteiger partial charge in [0.2, 0.25) is 0 Å². The zero-order valence-electron chi connectivity index (χ0n) is 10.8. The van der Waals surface area contributed by atoms with Crippen LogP contribution < -0.4 is 0 Å². The van der Waals surface area contributed by atoms with E-state index in [0.717, 1.165) is 25.7 Å². The maximum Gasteiger partial charge on any atom is 0.0207 e. The second-order valence-corrected chi connectivity index (χ2v) is 6.05. The minimum Gasteiger partial charge on any atom is -0.0897 e. The van der Waals surface area contributed by atoms with Gasteiger partial charge in [0.1, 0.15) is 0 Å². The Morgan fingerprint density at radius 2 is 1.47 bits per heavy atom. The van der Waals surface area contributed by atoms with Crippen LogP contribution in [0.4, 0.5) is 0 Å². The van der Waals surface area contributed by atoms with Crippen molar-refractivity contribution in [3.05, 3.63) is 70.2 Å². The molecule has 2 heteroatoms. The van der Waals surface area contributed by atoms with Crippen LogP contribution in [-0.2, 0) is 12.8 Å². The van der Waals surface area contributed by atoms with Crippen LogP contribution >= 0.6 is 28.1 Å². The van der Waals surface area contributed by atoms with Gasteiger partial charge in [0.05, 0.1) is 0 Å². The summed E-state index contributed by atoms with van der Waals surface area (Å²) in [7, 11) is 0. The molecule has 0 N–H and O–H groups in total. The van der Waals surface area contributed by atoms with E-state index in [1.807, 2.05) is 6.07 Å². The van der Waals surface area contributed by atoms with Gasteiger partial charge in [-0.15, -0.1) is 0 Å². The standard InChI is InChI=1S/C17H17BrS/c18-17-9-5-4-8-15(17)11-13-16(19)12-10-14-6-2-1-3-7-14/h1-9H,10-13H2. The highest BCUT2D eigenvalue weighted by atomic mass is 79.9. The predicted octanol–water partition coefficient (Wildman–Crippen LogP) is 5.38. The molecular weight excluding hydrogens is 316 g/mol. The molecule has 0 amide bonds. The van der Waals surface area contributed by atoms with Gasteiger partial charge in [-0.1, -0.05) is 76.7 Å². The Morgan fingerprint density at radius 1 is 0.842 bits per heavy atom. The molecule has 0 unspecified atom stereocenters. The molecule has 0 saturated heterocycles. The molecule has 19 heavy (non-hydrogen) atoms. The molecule has 0 atom stereocenters. The molecule has 0 heterocycles. The van der Waals surface area contributed by atoms with Crippen molar-refractivity contribution in [2.75, 3.05) is 0 Å². The summed E-state index contributed by atoms with van der Waals surface area (Å²) in [5.41, 5.74) is 2.70. The zero-order valence-corrected chi connectivity index (χ0v) is 13.2. The summed E-state index contributed by atoms with van der Waals surface area (Å²) in [4.78, 5) is 1.17. The Hall–Kier alpha value is -0.990. The number of benzene rings is 2. The van der Waals surface area contributed by atoms with Crippen molar-refractivity contribution in [1.82, 2.24) is 0 Å². The summed E-state index contributed by atoms with van der Waals surface area (Å²) < 4.78 is 1.18. The number of rotatable bonds is 6. The second-order valence-electron chi connectivity index (χ2n) is 4.62. The first-order valence-corrected chi connectivity index (χ1v) is 7.75. The molecule has 0 aliphatic heterocycles. The Labute approximate surface area is 129 Å².